The van der Waals surface area contributed by atoms with Crippen molar-refractivity contribution in [1.82, 2.24) is 25.4 Å². The van der Waals surface area contributed by atoms with Gasteiger partial charge in [0.15, 0.2) is 5.96 Å². The van der Waals surface area contributed by atoms with Crippen molar-refractivity contribution in [2.24, 2.45) is 4.99 Å². The van der Waals surface area contributed by atoms with Crippen LogP contribution in [0.15, 0.2) is 35.6 Å². The fourth-order valence-corrected chi connectivity index (χ4v) is 3.13. The Morgan fingerprint density at radius 2 is 2.22 bits per heavy atom. The highest BCUT2D eigenvalue weighted by Gasteiger charge is 2.22. The van der Waals surface area contributed by atoms with E-state index in [1.807, 2.05) is 12.1 Å². The van der Waals surface area contributed by atoms with Gasteiger partial charge in [-0.3, -0.25) is 4.99 Å². The maximum Gasteiger partial charge on any atom is 0.192 e. The zero-order valence-corrected chi connectivity index (χ0v) is 16.5. The second kappa shape index (κ2) is 9.39. The van der Waals surface area contributed by atoms with Gasteiger partial charge in [0.25, 0.3) is 0 Å². The summed E-state index contributed by atoms with van der Waals surface area (Å²) in [6, 6.07) is 8.77. The monoisotopic (exact) mass is 370 g/mol. The molecule has 2 aromatic rings. The van der Waals surface area contributed by atoms with Crippen molar-refractivity contribution in [2.45, 2.75) is 58.7 Å². The Hall–Kier alpha value is -2.57. The summed E-state index contributed by atoms with van der Waals surface area (Å²) in [5.74, 6) is 2.80. The number of hydrogen-bond acceptors (Lipinski definition) is 4. The van der Waals surface area contributed by atoms with Crippen molar-refractivity contribution in [2.75, 3.05) is 13.2 Å². The lowest BCUT2D eigenvalue weighted by Crippen LogP contribution is -2.44. The van der Waals surface area contributed by atoms with Crippen LogP contribution in [0.2, 0.25) is 0 Å². The maximum atomic E-state index is 5.78. The zero-order chi connectivity index (χ0) is 19.1. The van der Waals surface area contributed by atoms with Crippen molar-refractivity contribution in [3.05, 3.63) is 42.0 Å². The first-order chi connectivity index (χ1) is 13.2. The van der Waals surface area contributed by atoms with Crippen molar-refractivity contribution >= 4 is 5.96 Å². The van der Waals surface area contributed by atoms with Gasteiger partial charge in [0.05, 0.1) is 19.2 Å². The van der Waals surface area contributed by atoms with Crippen molar-refractivity contribution < 1.29 is 4.74 Å². The summed E-state index contributed by atoms with van der Waals surface area (Å²) in [5.41, 5.74) is 1.19. The fourth-order valence-electron chi connectivity index (χ4n) is 3.13. The number of aromatic nitrogens is 3. The number of nitrogens with one attached hydrogen (secondary N) is 2. The van der Waals surface area contributed by atoms with Crippen molar-refractivity contribution in [3.63, 3.8) is 0 Å². The molecule has 0 bridgehead atoms. The first-order valence-corrected chi connectivity index (χ1v) is 9.87. The molecule has 1 aliphatic rings. The Kier molecular flexibility index (Phi) is 6.68. The normalized spacial score (nSPS) is 17.7. The lowest BCUT2D eigenvalue weighted by molar-refractivity contribution is 0.261. The summed E-state index contributed by atoms with van der Waals surface area (Å²) < 4.78 is 7.84. The Labute approximate surface area is 161 Å². The van der Waals surface area contributed by atoms with E-state index >= 15 is 0 Å². The quantitative estimate of drug-likeness (QED) is 0.579. The van der Waals surface area contributed by atoms with Crippen LogP contribution in [-0.2, 0) is 13.0 Å². The van der Waals surface area contributed by atoms with E-state index in [4.69, 9.17) is 9.73 Å². The standard InChI is InChI=1S/C20H30N6O/c1-4-15(3)23-20(21-11-12-26-14-22-25-19(26)5-2)24-17-10-13-27-18-9-7-6-8-16(17)18/h6-9,14-15,17H,4-5,10-13H2,1-3H3,(H2,21,23,24). The number of benzene rings is 1. The lowest BCUT2D eigenvalue weighted by Gasteiger charge is -2.29. The summed E-state index contributed by atoms with van der Waals surface area (Å²) in [5, 5.41) is 15.2. The first-order valence-electron chi connectivity index (χ1n) is 9.87. The van der Waals surface area contributed by atoms with Crippen molar-refractivity contribution in [3.8, 4) is 5.75 Å². The molecule has 0 amide bonds. The van der Waals surface area contributed by atoms with E-state index in [0.717, 1.165) is 43.3 Å². The van der Waals surface area contributed by atoms with E-state index in [-0.39, 0.29) is 6.04 Å². The summed E-state index contributed by atoms with van der Waals surface area (Å²) in [7, 11) is 0. The fraction of sp³-hybridized carbons (Fsp3) is 0.550. The molecule has 0 saturated carbocycles. The van der Waals surface area contributed by atoms with Gasteiger partial charge in [-0.15, -0.1) is 10.2 Å². The number of hydrogen-bond donors (Lipinski definition) is 2. The Bertz CT molecular complexity index is 756. The maximum absolute atomic E-state index is 5.78. The van der Waals surface area contributed by atoms with E-state index in [0.29, 0.717) is 19.2 Å². The average molecular weight is 371 g/mol. The highest BCUT2D eigenvalue weighted by Crippen LogP contribution is 2.31. The predicted molar refractivity (Wildman–Crippen MR) is 107 cm³/mol. The molecule has 1 aromatic carbocycles. The minimum Gasteiger partial charge on any atom is -0.493 e. The van der Waals surface area contributed by atoms with Crippen LogP contribution in [0.5, 0.6) is 5.75 Å². The van der Waals surface area contributed by atoms with Gasteiger partial charge in [-0.1, -0.05) is 32.0 Å². The number of para-hydroxylation sites is 1. The first kappa shape index (κ1) is 19.2. The molecular weight excluding hydrogens is 340 g/mol. The molecule has 0 saturated heterocycles. The number of fused-ring (bicyclic) bond motifs is 1. The molecule has 27 heavy (non-hydrogen) atoms. The van der Waals surface area contributed by atoms with E-state index < -0.39 is 0 Å². The highest BCUT2D eigenvalue weighted by atomic mass is 16.5. The van der Waals surface area contributed by atoms with Gasteiger partial charge in [0, 0.05) is 31.0 Å². The largest absolute Gasteiger partial charge is 0.493 e. The Balaban J connectivity index is 1.70. The number of guanidine groups is 1. The lowest BCUT2D eigenvalue weighted by atomic mass is 10.0. The van der Waals surface area contributed by atoms with Crippen LogP contribution in [0.25, 0.3) is 0 Å². The van der Waals surface area contributed by atoms with Gasteiger partial charge in [-0.05, 0) is 19.4 Å². The summed E-state index contributed by atoms with van der Waals surface area (Å²) >= 11 is 0. The molecule has 2 N–H and O–H groups in total. The second-order valence-corrected chi connectivity index (χ2v) is 6.85. The van der Waals surface area contributed by atoms with E-state index in [2.05, 4.69) is 58.3 Å². The smallest absolute Gasteiger partial charge is 0.192 e. The average Bonchev–Trinajstić information content (AvgIpc) is 3.15. The van der Waals surface area contributed by atoms with Crippen LogP contribution in [0.1, 0.15) is 51.0 Å². The molecular formula is C20H30N6O. The molecule has 7 nitrogen and oxygen atoms in total. The van der Waals surface area contributed by atoms with E-state index in [9.17, 15) is 0 Å². The molecule has 2 unspecified atom stereocenters. The molecule has 0 radical (unpaired) electrons. The number of rotatable bonds is 7. The van der Waals surface area contributed by atoms with Gasteiger partial charge in [0.2, 0.25) is 0 Å². The topological polar surface area (TPSA) is 76.4 Å². The van der Waals surface area contributed by atoms with Gasteiger partial charge < -0.3 is 19.9 Å². The summed E-state index contributed by atoms with van der Waals surface area (Å²) in [6.07, 6.45) is 4.61. The molecule has 1 aliphatic heterocycles. The minimum atomic E-state index is 0.200. The molecule has 0 fully saturated rings. The van der Waals surface area contributed by atoms with Gasteiger partial charge in [-0.25, -0.2) is 0 Å². The number of aryl methyl sites for hydroxylation is 1. The van der Waals surface area contributed by atoms with Crippen LogP contribution in [0.4, 0.5) is 0 Å². The van der Waals surface area contributed by atoms with Crippen LogP contribution < -0.4 is 15.4 Å². The third kappa shape index (κ3) is 4.99. The van der Waals surface area contributed by atoms with Crippen LogP contribution in [-0.4, -0.2) is 39.9 Å². The molecule has 0 aliphatic carbocycles. The van der Waals surface area contributed by atoms with Gasteiger partial charge >= 0.3 is 0 Å². The summed E-state index contributed by atoms with van der Waals surface area (Å²) in [6.45, 7) is 8.58. The van der Waals surface area contributed by atoms with E-state index in [1.165, 1.54) is 5.56 Å². The minimum absolute atomic E-state index is 0.200. The number of ether oxygens (including phenoxy) is 1. The van der Waals surface area contributed by atoms with Gasteiger partial charge in [0.1, 0.15) is 17.9 Å². The van der Waals surface area contributed by atoms with Gasteiger partial charge in [-0.2, -0.15) is 0 Å². The van der Waals surface area contributed by atoms with Crippen LogP contribution in [0.3, 0.4) is 0 Å². The number of aliphatic imine (C=N–C) groups is 1. The molecule has 2 atom stereocenters. The third-order valence-electron chi connectivity index (χ3n) is 4.89. The Morgan fingerprint density at radius 3 is 3.04 bits per heavy atom. The van der Waals surface area contributed by atoms with Crippen LogP contribution in [0, 0.1) is 0 Å². The molecule has 146 valence electrons. The highest BCUT2D eigenvalue weighted by molar-refractivity contribution is 5.80. The Morgan fingerprint density at radius 1 is 1.37 bits per heavy atom. The second-order valence-electron chi connectivity index (χ2n) is 6.85. The summed E-state index contributed by atoms with van der Waals surface area (Å²) in [4.78, 5) is 4.81. The predicted octanol–water partition coefficient (Wildman–Crippen LogP) is 2.70. The third-order valence-corrected chi connectivity index (χ3v) is 4.89. The number of nitrogens with zero attached hydrogens (tertiary/aromatic N) is 4. The van der Waals surface area contributed by atoms with Crippen LogP contribution >= 0.6 is 0 Å². The van der Waals surface area contributed by atoms with E-state index in [1.54, 1.807) is 6.33 Å². The molecule has 2 heterocycles. The molecule has 3 rings (SSSR count). The van der Waals surface area contributed by atoms with Crippen molar-refractivity contribution in [1.29, 1.82) is 0 Å². The molecule has 7 heteroatoms. The molecule has 0 spiro atoms. The SMILES string of the molecule is CCc1nncn1CCN=C(NC(C)CC)NC1CCOc2ccccc21. The zero-order valence-electron chi connectivity index (χ0n) is 16.5. The molecule has 1 aromatic heterocycles.